The van der Waals surface area contributed by atoms with Crippen LogP contribution in [-0.4, -0.2) is 46.4 Å². The first-order valence-corrected chi connectivity index (χ1v) is 12.2. The highest BCUT2D eigenvalue weighted by atomic mass is 35.5. The Morgan fingerprint density at radius 2 is 1.97 bits per heavy atom. The van der Waals surface area contributed by atoms with Gasteiger partial charge < -0.3 is 20.7 Å². The summed E-state index contributed by atoms with van der Waals surface area (Å²) in [6, 6.07) is 7.61. The molecule has 0 unspecified atom stereocenters. The van der Waals surface area contributed by atoms with Crippen LogP contribution in [-0.2, 0) is 9.59 Å². The second-order valence-corrected chi connectivity index (χ2v) is 8.66. The summed E-state index contributed by atoms with van der Waals surface area (Å²) in [5.41, 5.74) is 1.52. The van der Waals surface area contributed by atoms with Crippen molar-refractivity contribution in [2.24, 2.45) is 0 Å². The van der Waals surface area contributed by atoms with Gasteiger partial charge in [-0.3, -0.25) is 9.59 Å². The van der Waals surface area contributed by atoms with Gasteiger partial charge in [0.25, 0.3) is 0 Å². The van der Waals surface area contributed by atoms with Crippen molar-refractivity contribution in [3.8, 4) is 5.75 Å². The van der Waals surface area contributed by atoms with Crippen molar-refractivity contribution in [3.05, 3.63) is 47.5 Å². The molecule has 3 rings (SSSR count). The lowest BCUT2D eigenvalue weighted by atomic mass is 10.1. The third-order valence-corrected chi connectivity index (χ3v) is 5.97. The summed E-state index contributed by atoms with van der Waals surface area (Å²) in [5, 5.41) is 9.06. The van der Waals surface area contributed by atoms with Gasteiger partial charge in [0.15, 0.2) is 0 Å². The molecule has 0 spiro atoms. The van der Waals surface area contributed by atoms with Crippen LogP contribution in [0.15, 0.2) is 36.7 Å². The van der Waals surface area contributed by atoms with Crippen LogP contribution < -0.4 is 20.7 Å². The lowest BCUT2D eigenvalue weighted by Gasteiger charge is -2.15. The molecule has 34 heavy (non-hydrogen) atoms. The fraction of sp³-hybridized carbons (Fsp3) is 0.304. The van der Waals surface area contributed by atoms with Gasteiger partial charge in [-0.25, -0.2) is 14.4 Å². The smallest absolute Gasteiger partial charge is 0.243 e. The van der Waals surface area contributed by atoms with Crippen LogP contribution in [0.2, 0.25) is 5.02 Å². The summed E-state index contributed by atoms with van der Waals surface area (Å²) < 4.78 is 19.2. The molecule has 0 atom stereocenters. The molecule has 0 bridgehead atoms. The average Bonchev–Trinajstić information content (AvgIpc) is 2.81. The summed E-state index contributed by atoms with van der Waals surface area (Å²) in [7, 11) is 0. The molecule has 2 aromatic carbocycles. The molecule has 2 amide bonds. The second kappa shape index (κ2) is 12.4. The minimum atomic E-state index is -0.526. The van der Waals surface area contributed by atoms with Crippen molar-refractivity contribution in [1.82, 2.24) is 15.3 Å². The highest BCUT2D eigenvalue weighted by Crippen LogP contribution is 2.33. The molecule has 1 heterocycles. The van der Waals surface area contributed by atoms with E-state index in [2.05, 4.69) is 25.9 Å². The number of carbonyl (C=O) groups is 2. The average molecular weight is 506 g/mol. The first kappa shape index (κ1) is 25.5. The van der Waals surface area contributed by atoms with Crippen molar-refractivity contribution in [2.45, 2.75) is 20.3 Å². The number of thioether (sulfide) groups is 1. The Balaban J connectivity index is 1.81. The second-order valence-electron chi connectivity index (χ2n) is 7.15. The number of nitrogens with zero attached hydrogens (tertiary/aromatic N) is 2. The predicted octanol–water partition coefficient (Wildman–Crippen LogP) is 4.76. The number of halogens is 2. The topological polar surface area (TPSA) is 105 Å². The zero-order valence-corrected chi connectivity index (χ0v) is 20.4. The van der Waals surface area contributed by atoms with Gasteiger partial charge in [-0.1, -0.05) is 18.5 Å². The van der Waals surface area contributed by atoms with Crippen LogP contribution >= 0.6 is 23.4 Å². The molecule has 0 aliphatic carbocycles. The van der Waals surface area contributed by atoms with Gasteiger partial charge in [-0.2, -0.15) is 11.8 Å². The van der Waals surface area contributed by atoms with Crippen molar-refractivity contribution in [3.63, 3.8) is 0 Å². The molecule has 11 heteroatoms. The minimum absolute atomic E-state index is 0.0231. The molecule has 3 N–H and O–H groups in total. The largest absolute Gasteiger partial charge is 0.492 e. The summed E-state index contributed by atoms with van der Waals surface area (Å²) >= 11 is 7.40. The van der Waals surface area contributed by atoms with E-state index in [0.29, 0.717) is 46.2 Å². The summed E-state index contributed by atoms with van der Waals surface area (Å²) in [5.74, 6) is 0.941. The third-order valence-electron chi connectivity index (χ3n) is 4.52. The van der Waals surface area contributed by atoms with E-state index in [4.69, 9.17) is 16.3 Å². The summed E-state index contributed by atoms with van der Waals surface area (Å²) in [6.07, 6.45) is 2.37. The highest BCUT2D eigenvalue weighted by molar-refractivity contribution is 7.99. The quantitative estimate of drug-likeness (QED) is 0.322. The number of nitrogens with one attached hydrogen (secondary N) is 3. The fourth-order valence-electron chi connectivity index (χ4n) is 3.00. The van der Waals surface area contributed by atoms with Crippen LogP contribution in [0.1, 0.15) is 20.3 Å². The first-order valence-electron chi connectivity index (χ1n) is 10.7. The van der Waals surface area contributed by atoms with Crippen LogP contribution in [0, 0.1) is 5.82 Å². The van der Waals surface area contributed by atoms with Crippen LogP contribution in [0.25, 0.3) is 10.9 Å². The Bertz CT molecular complexity index is 1180. The molecular weight excluding hydrogens is 481 g/mol. The lowest BCUT2D eigenvalue weighted by Crippen LogP contribution is -2.34. The zero-order chi connectivity index (χ0) is 24.5. The number of ether oxygens (including phenoxy) is 1. The minimum Gasteiger partial charge on any atom is -0.492 e. The Kier molecular flexibility index (Phi) is 9.29. The maximum absolute atomic E-state index is 13.5. The van der Waals surface area contributed by atoms with Crippen LogP contribution in [0.3, 0.4) is 0 Å². The molecule has 1 aromatic heterocycles. The Morgan fingerprint density at radius 3 is 2.71 bits per heavy atom. The molecule has 0 fully saturated rings. The standard InChI is InChI=1S/C23H25ClFN5O3S/c1-3-7-34-12-22(32)26-11-21(31)30-19-9-15-18(10-20(19)33-4-2)27-13-28-23(15)29-14-5-6-17(25)16(24)8-14/h5-6,8-10,13H,3-4,7,11-12H2,1-2H3,(H,26,32)(H,30,31)(H,27,28,29). The zero-order valence-electron chi connectivity index (χ0n) is 18.8. The molecule has 0 aliphatic rings. The van der Waals surface area contributed by atoms with E-state index in [1.165, 1.54) is 36.3 Å². The molecular formula is C23H25ClFN5O3S. The van der Waals surface area contributed by atoms with Gasteiger partial charge in [0.1, 0.15) is 23.7 Å². The first-order chi connectivity index (χ1) is 16.4. The van der Waals surface area contributed by atoms with Crippen LogP contribution in [0.4, 0.5) is 21.6 Å². The van der Waals surface area contributed by atoms with Gasteiger partial charge in [-0.05, 0) is 43.4 Å². The summed E-state index contributed by atoms with van der Waals surface area (Å²) in [6.45, 7) is 4.08. The van der Waals surface area contributed by atoms with E-state index >= 15 is 0 Å². The van der Waals surface area contributed by atoms with E-state index in [1.807, 2.05) is 13.8 Å². The van der Waals surface area contributed by atoms with Crippen molar-refractivity contribution >= 4 is 63.3 Å². The van der Waals surface area contributed by atoms with Gasteiger partial charge in [-0.15, -0.1) is 0 Å². The van der Waals surface area contributed by atoms with E-state index in [0.717, 1.165) is 12.2 Å². The third kappa shape index (κ3) is 6.94. The Morgan fingerprint density at radius 1 is 1.15 bits per heavy atom. The van der Waals surface area contributed by atoms with Gasteiger partial charge >= 0.3 is 0 Å². The fourth-order valence-corrected chi connectivity index (χ4v) is 3.90. The number of aromatic nitrogens is 2. The van der Waals surface area contributed by atoms with Crippen molar-refractivity contribution in [1.29, 1.82) is 0 Å². The number of benzene rings is 2. The SMILES string of the molecule is CCCSCC(=O)NCC(=O)Nc1cc2c(Nc3ccc(F)c(Cl)c3)ncnc2cc1OCC. The normalized spacial score (nSPS) is 10.7. The number of hydrogen-bond acceptors (Lipinski definition) is 7. The molecule has 0 radical (unpaired) electrons. The van der Waals surface area contributed by atoms with E-state index < -0.39 is 11.7 Å². The van der Waals surface area contributed by atoms with E-state index in [1.54, 1.807) is 12.1 Å². The molecule has 180 valence electrons. The number of amides is 2. The maximum Gasteiger partial charge on any atom is 0.243 e. The van der Waals surface area contributed by atoms with Crippen molar-refractivity contribution in [2.75, 3.05) is 35.3 Å². The Hall–Kier alpha value is -3.11. The molecule has 3 aromatic rings. The predicted molar refractivity (Wildman–Crippen MR) is 135 cm³/mol. The highest BCUT2D eigenvalue weighted by Gasteiger charge is 2.14. The number of carbonyl (C=O) groups excluding carboxylic acids is 2. The van der Waals surface area contributed by atoms with Gasteiger partial charge in [0.05, 0.1) is 35.1 Å². The molecule has 0 saturated carbocycles. The summed E-state index contributed by atoms with van der Waals surface area (Å²) in [4.78, 5) is 32.9. The van der Waals surface area contributed by atoms with Crippen molar-refractivity contribution < 1.29 is 18.7 Å². The molecule has 8 nitrogen and oxygen atoms in total. The Labute approximate surface area is 206 Å². The van der Waals surface area contributed by atoms with Gasteiger partial charge in [0.2, 0.25) is 11.8 Å². The van der Waals surface area contributed by atoms with Gasteiger partial charge in [0, 0.05) is 17.1 Å². The maximum atomic E-state index is 13.5. The number of anilines is 3. The van der Waals surface area contributed by atoms with Crippen LogP contribution in [0.5, 0.6) is 5.75 Å². The lowest BCUT2D eigenvalue weighted by molar-refractivity contribution is -0.122. The number of fused-ring (bicyclic) bond motifs is 1. The number of rotatable bonds is 11. The van der Waals surface area contributed by atoms with E-state index in [9.17, 15) is 14.0 Å². The monoisotopic (exact) mass is 505 g/mol. The molecule has 0 aliphatic heterocycles. The molecule has 0 saturated heterocycles. The van der Waals surface area contributed by atoms with E-state index in [-0.39, 0.29) is 17.5 Å². The number of hydrogen-bond donors (Lipinski definition) is 3.